The second kappa shape index (κ2) is 6.69. The van der Waals surface area contributed by atoms with E-state index < -0.39 is 14.4 Å². The molecule has 1 aromatic carbocycles. The lowest BCUT2D eigenvalue weighted by molar-refractivity contribution is -0.0578. The molecule has 4 nitrogen and oxygen atoms in total. The molecule has 6 heteroatoms. The summed E-state index contributed by atoms with van der Waals surface area (Å²) in [5, 5.41) is 23.3. The maximum Gasteiger partial charge on any atom is 0.154 e. The first-order valence-corrected chi connectivity index (χ1v) is 13.2. The molecule has 3 N–H and O–H groups in total. The topological polar surface area (TPSA) is 65.4 Å². The maximum absolute atomic E-state index is 14.6. The van der Waals surface area contributed by atoms with Gasteiger partial charge in [-0.15, -0.1) is 0 Å². The van der Waals surface area contributed by atoms with Gasteiger partial charge in [-0.1, -0.05) is 30.9 Å². The number of nitrogens with zero attached hydrogens (tertiary/aromatic N) is 1. The first-order valence-electron chi connectivity index (χ1n) is 9.66. The summed E-state index contributed by atoms with van der Waals surface area (Å²) < 4.78 is 14.6. The summed E-state index contributed by atoms with van der Waals surface area (Å²) in [5.74, 6) is -0.0977. The van der Waals surface area contributed by atoms with E-state index in [-0.39, 0.29) is 23.7 Å². The van der Waals surface area contributed by atoms with E-state index in [1.807, 2.05) is 18.2 Å². The summed E-state index contributed by atoms with van der Waals surface area (Å²) in [6.45, 7) is 6.91. The Bertz CT molecular complexity index is 848. The van der Waals surface area contributed by atoms with Crippen molar-refractivity contribution in [2.24, 2.45) is 5.92 Å². The van der Waals surface area contributed by atoms with Crippen LogP contribution in [0.3, 0.4) is 0 Å². The molecule has 0 amide bonds. The summed E-state index contributed by atoms with van der Waals surface area (Å²) in [5.41, 5.74) is 3.78. The Morgan fingerprint density at radius 3 is 2.56 bits per heavy atom. The lowest BCUT2D eigenvalue weighted by Crippen LogP contribution is -2.40. The lowest BCUT2D eigenvalue weighted by atomic mass is 10.1. The largest absolute Gasteiger partial charge is 0.377 e. The van der Waals surface area contributed by atoms with Gasteiger partial charge < -0.3 is 15.5 Å². The summed E-state index contributed by atoms with van der Waals surface area (Å²) in [7, 11) is -1.51. The highest BCUT2D eigenvalue weighted by molar-refractivity contribution is 6.89. The zero-order valence-corrected chi connectivity index (χ0v) is 17.0. The van der Waals surface area contributed by atoms with Gasteiger partial charge in [0.15, 0.2) is 6.29 Å². The summed E-state index contributed by atoms with van der Waals surface area (Å²) >= 11 is 0. The van der Waals surface area contributed by atoms with Gasteiger partial charge in [0.05, 0.1) is 26.0 Å². The Morgan fingerprint density at radius 2 is 1.96 bits per heavy atom. The van der Waals surface area contributed by atoms with Crippen LogP contribution in [0.25, 0.3) is 0 Å². The van der Waals surface area contributed by atoms with E-state index in [4.69, 9.17) is 0 Å². The van der Waals surface area contributed by atoms with Gasteiger partial charge in [0, 0.05) is 23.1 Å². The first-order chi connectivity index (χ1) is 12.8. The maximum atomic E-state index is 14.6. The Morgan fingerprint density at radius 1 is 1.19 bits per heavy atom. The summed E-state index contributed by atoms with van der Waals surface area (Å²) in [6.07, 6.45) is 3.06. The minimum absolute atomic E-state index is 0.0307. The lowest BCUT2D eigenvalue weighted by Gasteiger charge is -2.22. The van der Waals surface area contributed by atoms with Gasteiger partial charge in [-0.05, 0) is 43.0 Å². The zero-order chi connectivity index (χ0) is 19.3. The number of rotatable bonds is 5. The van der Waals surface area contributed by atoms with E-state index in [1.54, 1.807) is 12.3 Å². The molecule has 0 aliphatic heterocycles. The summed E-state index contributed by atoms with van der Waals surface area (Å²) in [6, 6.07) is 7.47. The standard InChI is InChI=1S/C21H27FN2O2Si/c1-27(2,3)19-9-6-16(22)20-13(19)5-8-18(20)24-12-4-7-17(23-11-12)14-10-15(14)21(25)26/h4,6-7,9,11,14-15,18,21,24-26H,5,8,10H2,1-3H3/t14-,15-,18+/m0/s1. The average Bonchev–Trinajstić information content (AvgIpc) is 3.30. The Hall–Kier alpha value is -1.76. The average molecular weight is 387 g/mol. The Kier molecular flexibility index (Phi) is 4.61. The molecule has 3 atom stereocenters. The number of benzene rings is 1. The van der Waals surface area contributed by atoms with Crippen molar-refractivity contribution in [2.75, 3.05) is 5.32 Å². The van der Waals surface area contributed by atoms with E-state index in [0.717, 1.165) is 36.2 Å². The number of halogens is 1. The molecule has 1 saturated carbocycles. The van der Waals surface area contributed by atoms with Crippen molar-refractivity contribution < 1.29 is 14.6 Å². The van der Waals surface area contributed by atoms with Crippen molar-refractivity contribution in [3.63, 3.8) is 0 Å². The molecule has 2 aliphatic rings. The number of hydrogen-bond acceptors (Lipinski definition) is 4. The molecule has 0 unspecified atom stereocenters. The molecule has 0 radical (unpaired) electrons. The molecule has 0 saturated heterocycles. The van der Waals surface area contributed by atoms with Crippen LogP contribution in [-0.2, 0) is 6.42 Å². The van der Waals surface area contributed by atoms with Crippen LogP contribution in [0.4, 0.5) is 10.1 Å². The molecule has 1 aromatic heterocycles. The number of aliphatic hydroxyl groups excluding tert-OH is 1. The van der Waals surface area contributed by atoms with E-state index in [0.29, 0.717) is 0 Å². The molecular weight excluding hydrogens is 359 g/mol. The van der Waals surface area contributed by atoms with Gasteiger partial charge >= 0.3 is 0 Å². The van der Waals surface area contributed by atoms with Gasteiger partial charge in [0.2, 0.25) is 0 Å². The molecule has 4 rings (SSSR count). The fraction of sp³-hybridized carbons (Fsp3) is 0.476. The number of anilines is 1. The van der Waals surface area contributed by atoms with Crippen LogP contribution in [0.5, 0.6) is 0 Å². The van der Waals surface area contributed by atoms with Crippen LogP contribution in [0.2, 0.25) is 19.6 Å². The molecule has 144 valence electrons. The predicted octanol–water partition coefficient (Wildman–Crippen LogP) is 3.28. The van der Waals surface area contributed by atoms with Gasteiger partial charge in [0.1, 0.15) is 5.82 Å². The monoisotopic (exact) mass is 386 g/mol. The quantitative estimate of drug-likeness (QED) is 0.545. The third-order valence-corrected chi connectivity index (χ3v) is 7.96. The van der Waals surface area contributed by atoms with Crippen molar-refractivity contribution in [2.45, 2.75) is 57.2 Å². The van der Waals surface area contributed by atoms with E-state index >= 15 is 0 Å². The molecule has 1 heterocycles. The highest BCUT2D eigenvalue weighted by Gasteiger charge is 2.43. The van der Waals surface area contributed by atoms with Crippen LogP contribution in [0.15, 0.2) is 30.5 Å². The third-order valence-electron chi connectivity index (χ3n) is 5.87. The molecule has 0 bridgehead atoms. The number of aliphatic hydroxyl groups is 2. The van der Waals surface area contributed by atoms with Crippen LogP contribution in [0, 0.1) is 11.7 Å². The molecule has 2 aromatic rings. The van der Waals surface area contributed by atoms with Crippen molar-refractivity contribution in [3.05, 3.63) is 53.1 Å². The molecule has 27 heavy (non-hydrogen) atoms. The van der Waals surface area contributed by atoms with Crippen molar-refractivity contribution in [1.82, 2.24) is 4.98 Å². The van der Waals surface area contributed by atoms with E-state index in [2.05, 4.69) is 29.9 Å². The summed E-state index contributed by atoms with van der Waals surface area (Å²) in [4.78, 5) is 4.48. The third kappa shape index (κ3) is 3.53. The predicted molar refractivity (Wildman–Crippen MR) is 107 cm³/mol. The minimum Gasteiger partial charge on any atom is -0.377 e. The van der Waals surface area contributed by atoms with Crippen molar-refractivity contribution >= 4 is 18.9 Å². The van der Waals surface area contributed by atoms with Crippen molar-refractivity contribution in [1.29, 1.82) is 0 Å². The van der Waals surface area contributed by atoms with Gasteiger partial charge in [0.25, 0.3) is 0 Å². The molecule has 2 aliphatic carbocycles. The van der Waals surface area contributed by atoms with E-state index in [1.165, 1.54) is 10.8 Å². The highest BCUT2D eigenvalue weighted by atomic mass is 28.3. The number of pyridine rings is 1. The first kappa shape index (κ1) is 18.6. The fourth-order valence-electron chi connectivity index (χ4n) is 4.36. The number of nitrogens with one attached hydrogen (secondary N) is 1. The Labute approximate surface area is 160 Å². The normalized spacial score (nSPS) is 24.2. The number of hydrogen-bond donors (Lipinski definition) is 3. The van der Waals surface area contributed by atoms with E-state index in [9.17, 15) is 14.6 Å². The minimum atomic E-state index is -1.51. The van der Waals surface area contributed by atoms with Gasteiger partial charge in [-0.3, -0.25) is 4.98 Å². The zero-order valence-electron chi connectivity index (χ0n) is 16.0. The highest BCUT2D eigenvalue weighted by Crippen LogP contribution is 2.48. The number of aromatic nitrogens is 1. The SMILES string of the molecule is C[Si](C)(C)c1ccc(F)c2c1CC[C@H]2Nc1ccc([C@H]2C[C@@H]2C(O)O)nc1. The molecule has 0 spiro atoms. The van der Waals surface area contributed by atoms with Crippen LogP contribution in [0.1, 0.15) is 41.6 Å². The van der Waals surface area contributed by atoms with Gasteiger partial charge in [-0.2, -0.15) is 0 Å². The van der Waals surface area contributed by atoms with Crippen molar-refractivity contribution in [3.8, 4) is 0 Å². The van der Waals surface area contributed by atoms with Gasteiger partial charge in [-0.25, -0.2) is 4.39 Å². The Balaban J connectivity index is 1.53. The second-order valence-electron chi connectivity index (χ2n) is 8.86. The smallest absolute Gasteiger partial charge is 0.154 e. The molecular formula is C21H27FN2O2Si. The van der Waals surface area contributed by atoms with Crippen LogP contribution < -0.4 is 10.5 Å². The fourth-order valence-corrected chi connectivity index (χ4v) is 6.11. The number of fused-ring (bicyclic) bond motifs is 1. The molecule has 1 fully saturated rings. The van der Waals surface area contributed by atoms with Crippen LogP contribution in [-0.4, -0.2) is 29.6 Å². The second-order valence-corrected chi connectivity index (χ2v) is 13.9. The van der Waals surface area contributed by atoms with Crippen LogP contribution >= 0.6 is 0 Å².